The van der Waals surface area contributed by atoms with E-state index < -0.39 is 0 Å². The van der Waals surface area contributed by atoms with Gasteiger partial charge in [0.05, 0.1) is 22.4 Å². The van der Waals surface area contributed by atoms with E-state index in [1.807, 2.05) is 0 Å². The van der Waals surface area contributed by atoms with Gasteiger partial charge in [0, 0.05) is 5.41 Å². The molecule has 1 aliphatic heterocycles. The van der Waals surface area contributed by atoms with Crippen LogP contribution < -0.4 is 4.57 Å². The van der Waals surface area contributed by atoms with E-state index in [1.165, 1.54) is 33.4 Å². The smallest absolute Gasteiger partial charge is 0.269 e. The van der Waals surface area contributed by atoms with Crippen molar-refractivity contribution >= 4 is 11.0 Å². The van der Waals surface area contributed by atoms with Crippen LogP contribution in [0.15, 0.2) is 66.7 Å². The molecule has 2 heteroatoms. The van der Waals surface area contributed by atoms with E-state index in [2.05, 4.69) is 117 Å². The van der Waals surface area contributed by atoms with Gasteiger partial charge in [-0.25, -0.2) is 0 Å². The van der Waals surface area contributed by atoms with Crippen molar-refractivity contribution in [3.8, 4) is 11.4 Å². The third-order valence-corrected chi connectivity index (χ3v) is 6.16. The molecule has 0 saturated carbocycles. The maximum Gasteiger partial charge on any atom is 0.269 e. The summed E-state index contributed by atoms with van der Waals surface area (Å²) in [4.78, 5) is 0. The number of hydrogen-bond acceptors (Lipinski definition) is 0. The normalized spacial score (nSPS) is 14.9. The number of aromatic nitrogens is 2. The quantitative estimate of drug-likeness (QED) is 0.304. The molecule has 0 unspecified atom stereocenters. The van der Waals surface area contributed by atoms with Gasteiger partial charge in [-0.15, -0.1) is 0 Å². The fraction of sp³-hybridized carbons (Fsp3) is 0.269. The molecule has 5 rings (SSSR count). The highest BCUT2D eigenvalue weighted by molar-refractivity contribution is 5.81. The number of para-hydroxylation sites is 2. The summed E-state index contributed by atoms with van der Waals surface area (Å²) in [5.74, 6) is 0. The Bertz CT molecular complexity index is 1200. The number of fused-ring (bicyclic) bond motifs is 2. The van der Waals surface area contributed by atoms with Gasteiger partial charge in [0.2, 0.25) is 0 Å². The maximum atomic E-state index is 3.63. The van der Waals surface area contributed by atoms with Crippen molar-refractivity contribution < 1.29 is 4.57 Å². The standard InChI is InChI=1S/C26H26N2/c1-25(2,3)18-13-15-19(16-14-18)27-17-28-22-11-7-6-9-20(22)26(4,5)21-10-8-12-23(27)24(21)28/h6-16H,1-5H3. The van der Waals surface area contributed by atoms with Crippen LogP contribution in [0.3, 0.4) is 0 Å². The van der Waals surface area contributed by atoms with Crippen LogP contribution in [-0.4, -0.2) is 4.57 Å². The highest BCUT2D eigenvalue weighted by Crippen LogP contribution is 2.40. The van der Waals surface area contributed by atoms with Gasteiger partial charge in [-0.1, -0.05) is 83.1 Å². The summed E-state index contributed by atoms with van der Waals surface area (Å²) in [6.07, 6.45) is 3.63. The van der Waals surface area contributed by atoms with Gasteiger partial charge < -0.3 is 0 Å². The van der Waals surface area contributed by atoms with Crippen LogP contribution in [-0.2, 0) is 10.8 Å². The van der Waals surface area contributed by atoms with Gasteiger partial charge in [-0.3, -0.25) is 9.13 Å². The first-order chi connectivity index (χ1) is 13.3. The minimum atomic E-state index is -0.0355. The minimum Gasteiger partial charge on any atom is -0.292 e. The van der Waals surface area contributed by atoms with E-state index in [9.17, 15) is 0 Å². The minimum absolute atomic E-state index is 0.0355. The van der Waals surface area contributed by atoms with Crippen LogP contribution in [0.2, 0.25) is 0 Å². The summed E-state index contributed by atoms with van der Waals surface area (Å²) in [6.45, 7) is 11.4. The van der Waals surface area contributed by atoms with Gasteiger partial charge in [0.15, 0.2) is 0 Å². The zero-order chi connectivity index (χ0) is 19.7. The molecule has 140 valence electrons. The first-order valence-electron chi connectivity index (χ1n) is 9.98. The Morgan fingerprint density at radius 1 is 0.821 bits per heavy atom. The molecule has 0 fully saturated rings. The van der Waals surface area contributed by atoms with E-state index in [4.69, 9.17) is 0 Å². The molecule has 0 N–H and O–H groups in total. The molecule has 28 heavy (non-hydrogen) atoms. The van der Waals surface area contributed by atoms with E-state index in [0.29, 0.717) is 0 Å². The van der Waals surface area contributed by atoms with E-state index in [1.54, 1.807) is 0 Å². The summed E-state index contributed by atoms with van der Waals surface area (Å²) in [6, 6.07) is 24.2. The number of nitrogens with zero attached hydrogens (tertiary/aromatic N) is 2. The molecule has 0 aliphatic carbocycles. The maximum absolute atomic E-state index is 3.63. The first kappa shape index (κ1) is 17.2. The van der Waals surface area contributed by atoms with Crippen LogP contribution in [0.1, 0.15) is 51.3 Å². The Balaban J connectivity index is 1.79. The molecule has 1 aliphatic rings. The van der Waals surface area contributed by atoms with Crippen molar-refractivity contribution in [3.05, 3.63) is 89.7 Å². The van der Waals surface area contributed by atoms with Gasteiger partial charge in [0.1, 0.15) is 0 Å². The van der Waals surface area contributed by atoms with Gasteiger partial charge in [0.25, 0.3) is 6.33 Å². The fourth-order valence-electron chi connectivity index (χ4n) is 4.48. The van der Waals surface area contributed by atoms with E-state index >= 15 is 0 Å². The highest BCUT2D eigenvalue weighted by Gasteiger charge is 2.34. The van der Waals surface area contributed by atoms with Crippen molar-refractivity contribution in [1.29, 1.82) is 0 Å². The van der Waals surface area contributed by atoms with E-state index in [-0.39, 0.29) is 10.8 Å². The third kappa shape index (κ3) is 2.30. The van der Waals surface area contributed by atoms with E-state index in [0.717, 1.165) is 5.69 Å². The molecule has 0 radical (unpaired) electrons. The van der Waals surface area contributed by atoms with Gasteiger partial charge in [-0.05, 0) is 40.3 Å². The van der Waals surface area contributed by atoms with Gasteiger partial charge >= 0.3 is 0 Å². The number of imidazole rings is 1. The summed E-state index contributed by atoms with van der Waals surface area (Å²) < 4.78 is 4.44. The molecule has 0 amide bonds. The molecular weight excluding hydrogens is 340 g/mol. The largest absolute Gasteiger partial charge is 0.292 e. The topological polar surface area (TPSA) is 8.81 Å². The Morgan fingerprint density at radius 3 is 2.21 bits per heavy atom. The molecular formula is C26H26N2. The zero-order valence-corrected chi connectivity index (χ0v) is 17.2. The molecule has 1 aromatic heterocycles. The highest BCUT2D eigenvalue weighted by atomic mass is 15.1. The van der Waals surface area contributed by atoms with Crippen molar-refractivity contribution in [3.63, 3.8) is 0 Å². The Morgan fingerprint density at radius 2 is 1.50 bits per heavy atom. The molecule has 3 aromatic carbocycles. The predicted octanol–water partition coefficient (Wildman–Crippen LogP) is 5.64. The molecule has 2 heterocycles. The lowest BCUT2D eigenvalue weighted by molar-refractivity contribution is -0.575. The molecule has 4 aromatic rings. The summed E-state index contributed by atoms with van der Waals surface area (Å²) >= 11 is 0. The van der Waals surface area contributed by atoms with Crippen molar-refractivity contribution in [1.82, 2.24) is 4.57 Å². The lowest BCUT2D eigenvalue weighted by atomic mass is 9.75. The average Bonchev–Trinajstić information content (AvgIpc) is 3.06. The molecule has 0 spiro atoms. The molecule has 0 bridgehead atoms. The van der Waals surface area contributed by atoms with Crippen LogP contribution in [0.5, 0.6) is 0 Å². The zero-order valence-electron chi connectivity index (χ0n) is 17.2. The predicted molar refractivity (Wildman–Crippen MR) is 114 cm³/mol. The fourth-order valence-corrected chi connectivity index (χ4v) is 4.48. The second kappa shape index (κ2) is 5.57. The Kier molecular flexibility index (Phi) is 3.43. The summed E-state index contributed by atoms with van der Waals surface area (Å²) in [5.41, 5.74) is 8.98. The first-order valence-corrected chi connectivity index (χ1v) is 9.98. The Hall–Kier alpha value is -2.87. The SMILES string of the molecule is CC(C)(C)c1ccc(-n2[c-][n+]3c4c(cccc42)C(C)(C)c2ccccc2-3)cc1. The molecule has 0 saturated heterocycles. The van der Waals surface area contributed by atoms with Crippen LogP contribution in [0.4, 0.5) is 0 Å². The third-order valence-electron chi connectivity index (χ3n) is 6.16. The van der Waals surface area contributed by atoms with Crippen LogP contribution in [0, 0.1) is 6.33 Å². The monoisotopic (exact) mass is 366 g/mol. The molecule has 2 nitrogen and oxygen atoms in total. The van der Waals surface area contributed by atoms with Crippen LogP contribution in [0.25, 0.3) is 22.4 Å². The van der Waals surface area contributed by atoms with Gasteiger partial charge in [-0.2, -0.15) is 0 Å². The van der Waals surface area contributed by atoms with Crippen molar-refractivity contribution in [2.45, 2.75) is 45.4 Å². The second-order valence-corrected chi connectivity index (χ2v) is 9.38. The van der Waals surface area contributed by atoms with Crippen molar-refractivity contribution in [2.24, 2.45) is 0 Å². The average molecular weight is 367 g/mol. The summed E-state index contributed by atoms with van der Waals surface area (Å²) in [5, 5.41) is 0. The number of rotatable bonds is 1. The second-order valence-electron chi connectivity index (χ2n) is 9.38. The van der Waals surface area contributed by atoms with Crippen LogP contribution >= 0.6 is 0 Å². The number of benzene rings is 3. The number of hydrogen-bond donors (Lipinski definition) is 0. The Labute approximate surface area is 167 Å². The molecule has 0 atom stereocenters. The lowest BCUT2D eigenvalue weighted by Gasteiger charge is -2.34. The van der Waals surface area contributed by atoms with Crippen molar-refractivity contribution in [2.75, 3.05) is 0 Å². The lowest BCUT2D eigenvalue weighted by Crippen LogP contribution is -2.40. The summed E-state index contributed by atoms with van der Waals surface area (Å²) in [7, 11) is 0.